The minimum atomic E-state index is -3.56. The van der Waals surface area contributed by atoms with Crippen LogP contribution in [0.1, 0.15) is 0 Å². The fraction of sp³-hybridized carbons (Fsp3) is 0. The zero-order valence-electron chi connectivity index (χ0n) is 7.83. The van der Waals surface area contributed by atoms with Crippen molar-refractivity contribution in [3.8, 4) is 5.75 Å². The van der Waals surface area contributed by atoms with Crippen molar-refractivity contribution in [2.75, 3.05) is 0 Å². The van der Waals surface area contributed by atoms with E-state index < -0.39 is 6.87 Å². The van der Waals surface area contributed by atoms with E-state index in [-0.39, 0.29) is 0 Å². The number of halogens is 2. The number of rotatable bonds is 3. The van der Waals surface area contributed by atoms with E-state index in [0.29, 0.717) is 10.8 Å². The van der Waals surface area contributed by atoms with Gasteiger partial charge < -0.3 is 4.52 Å². The van der Waals surface area contributed by atoms with Gasteiger partial charge in [-0.05, 0) is 24.3 Å². The van der Waals surface area contributed by atoms with Crippen LogP contribution in [0.4, 0.5) is 0 Å². The number of hydrogen-bond acceptors (Lipinski definition) is 4. The van der Waals surface area contributed by atoms with E-state index >= 15 is 0 Å². The van der Waals surface area contributed by atoms with Gasteiger partial charge in [-0.3, -0.25) is 0 Å². The lowest BCUT2D eigenvalue weighted by Crippen LogP contribution is -1.98. The van der Waals surface area contributed by atoms with Gasteiger partial charge in [0.05, 0.1) is 0 Å². The largest absolute Gasteiger partial charge is 0.459 e. The lowest BCUT2D eigenvalue weighted by molar-refractivity contribution is 0.482. The van der Waals surface area contributed by atoms with Crippen LogP contribution in [-0.2, 0) is 4.57 Å². The van der Waals surface area contributed by atoms with Gasteiger partial charge in [0.2, 0.25) is 0 Å². The molecule has 0 amide bonds. The molecule has 1 atom stereocenters. The molecule has 1 aromatic heterocycles. The van der Waals surface area contributed by atoms with Crippen LogP contribution in [0.15, 0.2) is 36.9 Å². The Labute approximate surface area is 101 Å². The molecule has 0 radical (unpaired) electrons. The maximum absolute atomic E-state index is 11.9. The third kappa shape index (κ3) is 2.55. The molecular weight excluding hydrogens is 272 g/mol. The lowest BCUT2D eigenvalue weighted by Gasteiger charge is -2.11. The Balaban J connectivity index is 2.21. The molecule has 2 aromatic rings. The molecule has 1 unspecified atom stereocenters. The average Bonchev–Trinajstić information content (AvgIpc) is 2.75. The molecule has 8 heteroatoms. The maximum Gasteiger partial charge on any atom is 0.459 e. The summed E-state index contributed by atoms with van der Waals surface area (Å²) < 4.78 is 18.0. The highest BCUT2D eigenvalue weighted by molar-refractivity contribution is 7.84. The number of hydrogen-bond donors (Lipinski definition) is 0. The highest BCUT2D eigenvalue weighted by Gasteiger charge is 2.24. The van der Waals surface area contributed by atoms with Gasteiger partial charge in [0.25, 0.3) is 0 Å². The molecule has 84 valence electrons. The molecule has 2 rings (SSSR count). The number of aromatic nitrogens is 3. The fourth-order valence-electron chi connectivity index (χ4n) is 0.993. The normalized spacial score (nSPS) is 14.4. The SMILES string of the molecule is O=P(Cl)(Oc1ccc(Cl)cc1)n1cncn1. The minimum Gasteiger partial charge on any atom is -0.417 e. The van der Waals surface area contributed by atoms with Gasteiger partial charge in [-0.2, -0.15) is 9.55 Å². The van der Waals surface area contributed by atoms with E-state index in [2.05, 4.69) is 10.1 Å². The Morgan fingerprint density at radius 2 is 2.00 bits per heavy atom. The van der Waals surface area contributed by atoms with E-state index in [9.17, 15) is 4.57 Å². The Kier molecular flexibility index (Phi) is 3.19. The highest BCUT2D eigenvalue weighted by atomic mass is 35.7. The molecule has 0 saturated heterocycles. The van der Waals surface area contributed by atoms with E-state index in [0.717, 1.165) is 4.45 Å². The van der Waals surface area contributed by atoms with Crippen LogP contribution in [0.25, 0.3) is 0 Å². The molecule has 0 saturated carbocycles. The number of nitrogens with zero attached hydrogens (tertiary/aromatic N) is 3. The minimum absolute atomic E-state index is 0.346. The summed E-state index contributed by atoms with van der Waals surface area (Å²) >= 11 is 11.4. The van der Waals surface area contributed by atoms with Crippen LogP contribution in [0.5, 0.6) is 5.75 Å². The fourth-order valence-corrected chi connectivity index (χ4v) is 2.41. The van der Waals surface area contributed by atoms with Gasteiger partial charge in [-0.1, -0.05) is 11.6 Å². The Bertz CT molecular complexity index is 515. The van der Waals surface area contributed by atoms with E-state index in [4.69, 9.17) is 27.4 Å². The van der Waals surface area contributed by atoms with Crippen molar-refractivity contribution in [1.29, 1.82) is 0 Å². The summed E-state index contributed by atoms with van der Waals surface area (Å²) in [5, 5.41) is 4.21. The van der Waals surface area contributed by atoms with E-state index in [1.165, 1.54) is 12.7 Å². The van der Waals surface area contributed by atoms with Crippen LogP contribution in [0.2, 0.25) is 5.02 Å². The van der Waals surface area contributed by atoms with Crippen molar-refractivity contribution in [3.63, 3.8) is 0 Å². The third-order valence-electron chi connectivity index (χ3n) is 1.68. The molecule has 0 bridgehead atoms. The van der Waals surface area contributed by atoms with Gasteiger partial charge in [0, 0.05) is 16.3 Å². The zero-order chi connectivity index (χ0) is 11.6. The predicted molar refractivity (Wildman–Crippen MR) is 61.0 cm³/mol. The topological polar surface area (TPSA) is 57.0 Å². The molecule has 1 heterocycles. The molecular formula is C8H6Cl2N3O2P. The first-order valence-corrected chi connectivity index (χ1v) is 7.04. The molecule has 0 fully saturated rings. The molecule has 0 aliphatic heterocycles. The highest BCUT2D eigenvalue weighted by Crippen LogP contribution is 2.52. The summed E-state index contributed by atoms with van der Waals surface area (Å²) in [6, 6.07) is 6.34. The van der Waals surface area contributed by atoms with Crippen LogP contribution >= 0.6 is 29.7 Å². The first-order valence-electron chi connectivity index (χ1n) is 4.18. The monoisotopic (exact) mass is 277 g/mol. The standard InChI is InChI=1S/C8H6Cl2N3O2P/c9-7-1-3-8(4-2-7)15-16(10,14)13-6-11-5-12-13/h1-6H. The van der Waals surface area contributed by atoms with Crippen molar-refractivity contribution < 1.29 is 9.09 Å². The van der Waals surface area contributed by atoms with Crippen molar-refractivity contribution in [1.82, 2.24) is 14.5 Å². The predicted octanol–water partition coefficient (Wildman–Crippen LogP) is 3.21. The first-order chi connectivity index (χ1) is 7.58. The zero-order valence-corrected chi connectivity index (χ0v) is 10.2. The summed E-state index contributed by atoms with van der Waals surface area (Å²) in [5.41, 5.74) is 0. The van der Waals surface area contributed by atoms with Gasteiger partial charge in [0.1, 0.15) is 18.4 Å². The van der Waals surface area contributed by atoms with Crippen molar-refractivity contribution in [2.45, 2.75) is 0 Å². The summed E-state index contributed by atoms with van der Waals surface area (Å²) in [5.74, 6) is 0.346. The summed E-state index contributed by atoms with van der Waals surface area (Å²) in [6.07, 6.45) is 2.45. The van der Waals surface area contributed by atoms with Crippen LogP contribution in [0, 0.1) is 0 Å². The van der Waals surface area contributed by atoms with Crippen LogP contribution in [0.3, 0.4) is 0 Å². The third-order valence-corrected chi connectivity index (χ3v) is 3.74. The van der Waals surface area contributed by atoms with Crippen molar-refractivity contribution >= 4 is 29.7 Å². The van der Waals surface area contributed by atoms with Crippen LogP contribution in [-0.4, -0.2) is 14.5 Å². The molecule has 1 aromatic carbocycles. The van der Waals surface area contributed by atoms with Gasteiger partial charge >= 0.3 is 6.87 Å². The van der Waals surface area contributed by atoms with Gasteiger partial charge in [-0.25, -0.2) is 9.55 Å². The second-order valence-corrected chi connectivity index (χ2v) is 6.03. The first kappa shape index (κ1) is 11.5. The van der Waals surface area contributed by atoms with Gasteiger partial charge in [-0.15, -0.1) is 0 Å². The quantitative estimate of drug-likeness (QED) is 0.809. The Hall–Kier alpha value is -1.03. The molecule has 16 heavy (non-hydrogen) atoms. The van der Waals surface area contributed by atoms with Crippen molar-refractivity contribution in [3.05, 3.63) is 41.9 Å². The van der Waals surface area contributed by atoms with Gasteiger partial charge in [0.15, 0.2) is 0 Å². The Morgan fingerprint density at radius 1 is 1.31 bits per heavy atom. The number of benzene rings is 1. The van der Waals surface area contributed by atoms with Crippen LogP contribution < -0.4 is 4.52 Å². The molecule has 5 nitrogen and oxygen atoms in total. The van der Waals surface area contributed by atoms with Crippen molar-refractivity contribution in [2.24, 2.45) is 0 Å². The summed E-state index contributed by atoms with van der Waals surface area (Å²) in [6.45, 7) is -3.56. The summed E-state index contributed by atoms with van der Waals surface area (Å²) in [4.78, 5) is 3.64. The smallest absolute Gasteiger partial charge is 0.417 e. The lowest BCUT2D eigenvalue weighted by atomic mass is 10.3. The average molecular weight is 278 g/mol. The second-order valence-electron chi connectivity index (χ2n) is 2.81. The second kappa shape index (κ2) is 4.45. The van der Waals surface area contributed by atoms with E-state index in [1.54, 1.807) is 24.3 Å². The molecule has 0 N–H and O–H groups in total. The molecule has 0 spiro atoms. The van der Waals surface area contributed by atoms with E-state index in [1.807, 2.05) is 0 Å². The maximum atomic E-state index is 11.9. The molecule has 0 aliphatic rings. The molecule has 0 aliphatic carbocycles. The summed E-state index contributed by atoms with van der Waals surface area (Å²) in [7, 11) is 0. The Morgan fingerprint density at radius 3 is 2.56 bits per heavy atom.